The molecule has 2 nitrogen and oxygen atoms in total. The van der Waals surface area contributed by atoms with Crippen molar-refractivity contribution in [2.75, 3.05) is 6.61 Å². The topological polar surface area (TPSA) is 22.4 Å². The van der Waals surface area contributed by atoms with Crippen molar-refractivity contribution in [1.82, 2.24) is 0 Å². The van der Waals surface area contributed by atoms with Gasteiger partial charge in [0.25, 0.3) is 5.95 Å². The Labute approximate surface area is 83.1 Å². The van der Waals surface area contributed by atoms with Gasteiger partial charge in [-0.15, -0.1) is 0 Å². The summed E-state index contributed by atoms with van der Waals surface area (Å²) in [5, 5.41) is 0. The molecular weight excluding hydrogens is 176 g/mol. The Morgan fingerprint density at radius 1 is 1.00 bits per heavy atom. The van der Waals surface area contributed by atoms with Gasteiger partial charge in [0.1, 0.15) is 0 Å². The van der Waals surface area contributed by atoms with Crippen molar-refractivity contribution >= 4 is 0 Å². The number of hydrogen-bond acceptors (Lipinski definition) is 2. The normalized spacial score (nSPS) is 10.0. The van der Waals surface area contributed by atoms with Gasteiger partial charge in [0.05, 0.1) is 12.9 Å². The van der Waals surface area contributed by atoms with Gasteiger partial charge in [-0.25, -0.2) is 0 Å². The number of benzene rings is 1. The maximum absolute atomic E-state index is 5.38. The van der Waals surface area contributed by atoms with Crippen LogP contribution in [0.25, 0.3) is 0 Å². The number of ether oxygens (including phenoxy) is 1. The summed E-state index contributed by atoms with van der Waals surface area (Å²) >= 11 is 0. The van der Waals surface area contributed by atoms with Crippen molar-refractivity contribution in [2.24, 2.45) is 0 Å². The molecule has 14 heavy (non-hydrogen) atoms. The number of hydrogen-bond donors (Lipinski definition) is 0. The van der Waals surface area contributed by atoms with E-state index >= 15 is 0 Å². The molecule has 1 aromatic carbocycles. The summed E-state index contributed by atoms with van der Waals surface area (Å²) in [5.74, 6) is 0.584. The van der Waals surface area contributed by atoms with E-state index in [-0.39, 0.29) is 0 Å². The molecule has 0 aliphatic carbocycles. The highest BCUT2D eigenvalue weighted by molar-refractivity contribution is 5.15. The predicted molar refractivity (Wildman–Crippen MR) is 54.3 cm³/mol. The van der Waals surface area contributed by atoms with E-state index in [1.54, 1.807) is 6.26 Å². The first kappa shape index (κ1) is 8.88. The zero-order valence-electron chi connectivity index (χ0n) is 7.85. The van der Waals surface area contributed by atoms with E-state index in [0.717, 1.165) is 6.42 Å². The van der Waals surface area contributed by atoms with E-state index < -0.39 is 0 Å². The van der Waals surface area contributed by atoms with Gasteiger partial charge < -0.3 is 9.15 Å². The molecule has 0 saturated heterocycles. The molecule has 0 N–H and O–H groups in total. The summed E-state index contributed by atoms with van der Waals surface area (Å²) in [7, 11) is 0. The fraction of sp³-hybridized carbons (Fsp3) is 0.167. The summed E-state index contributed by atoms with van der Waals surface area (Å²) in [6.07, 6.45) is 2.51. The second-order valence-corrected chi connectivity index (χ2v) is 3.02. The average molecular weight is 188 g/mol. The Morgan fingerprint density at radius 2 is 1.86 bits per heavy atom. The Hall–Kier alpha value is -1.70. The van der Waals surface area contributed by atoms with Crippen LogP contribution in [0.3, 0.4) is 0 Å². The molecule has 0 amide bonds. The lowest BCUT2D eigenvalue weighted by atomic mass is 10.2. The van der Waals surface area contributed by atoms with Crippen molar-refractivity contribution in [2.45, 2.75) is 6.42 Å². The van der Waals surface area contributed by atoms with Gasteiger partial charge in [-0.1, -0.05) is 30.3 Å². The summed E-state index contributed by atoms with van der Waals surface area (Å²) in [5.41, 5.74) is 1.28. The molecule has 0 atom stereocenters. The highest BCUT2D eigenvalue weighted by Gasteiger charge is 1.95. The van der Waals surface area contributed by atoms with Crippen LogP contribution in [0, 0.1) is 0 Å². The van der Waals surface area contributed by atoms with E-state index in [0.29, 0.717) is 12.6 Å². The summed E-state index contributed by atoms with van der Waals surface area (Å²) < 4.78 is 10.4. The van der Waals surface area contributed by atoms with E-state index in [4.69, 9.17) is 9.15 Å². The van der Waals surface area contributed by atoms with Gasteiger partial charge in [-0.2, -0.15) is 0 Å². The average Bonchev–Trinajstić information content (AvgIpc) is 2.72. The second-order valence-electron chi connectivity index (χ2n) is 3.02. The molecule has 0 aliphatic heterocycles. The van der Waals surface area contributed by atoms with Crippen molar-refractivity contribution < 1.29 is 9.15 Å². The van der Waals surface area contributed by atoms with Crippen LogP contribution in [-0.2, 0) is 6.42 Å². The van der Waals surface area contributed by atoms with E-state index in [1.807, 2.05) is 30.3 Å². The van der Waals surface area contributed by atoms with E-state index in [2.05, 4.69) is 12.1 Å². The van der Waals surface area contributed by atoms with Crippen LogP contribution >= 0.6 is 0 Å². The third-order valence-electron chi connectivity index (χ3n) is 1.97. The molecule has 1 heterocycles. The van der Waals surface area contributed by atoms with Crippen LogP contribution in [0.2, 0.25) is 0 Å². The molecule has 2 aromatic rings. The summed E-state index contributed by atoms with van der Waals surface area (Å²) in [4.78, 5) is 0. The Balaban J connectivity index is 1.79. The highest BCUT2D eigenvalue weighted by atomic mass is 16.6. The molecule has 2 heteroatoms. The quantitative estimate of drug-likeness (QED) is 0.736. The van der Waals surface area contributed by atoms with Crippen molar-refractivity contribution in [1.29, 1.82) is 0 Å². The van der Waals surface area contributed by atoms with E-state index in [9.17, 15) is 0 Å². The Kier molecular flexibility index (Phi) is 2.86. The zero-order valence-corrected chi connectivity index (χ0v) is 7.85. The van der Waals surface area contributed by atoms with Crippen LogP contribution in [-0.4, -0.2) is 6.61 Å². The third kappa shape index (κ3) is 2.39. The lowest BCUT2D eigenvalue weighted by Crippen LogP contribution is -2.00. The standard InChI is InChI=1S/C12H12O2/c1-2-5-11(6-3-1)8-10-14-12-7-4-9-13-12/h1-7,9H,8,10H2. The largest absolute Gasteiger partial charge is 0.465 e. The zero-order chi connectivity index (χ0) is 9.64. The minimum Gasteiger partial charge on any atom is -0.465 e. The monoisotopic (exact) mass is 188 g/mol. The highest BCUT2D eigenvalue weighted by Crippen LogP contribution is 2.10. The van der Waals surface area contributed by atoms with Crippen LogP contribution in [0.15, 0.2) is 53.1 Å². The van der Waals surface area contributed by atoms with Gasteiger partial charge >= 0.3 is 0 Å². The van der Waals surface area contributed by atoms with Crippen LogP contribution in [0.1, 0.15) is 5.56 Å². The predicted octanol–water partition coefficient (Wildman–Crippen LogP) is 2.90. The first-order valence-corrected chi connectivity index (χ1v) is 4.65. The fourth-order valence-electron chi connectivity index (χ4n) is 1.26. The van der Waals surface area contributed by atoms with Gasteiger partial charge in [-0.05, 0) is 11.6 Å². The maximum Gasteiger partial charge on any atom is 0.284 e. The van der Waals surface area contributed by atoms with Crippen LogP contribution in [0.4, 0.5) is 0 Å². The van der Waals surface area contributed by atoms with Crippen molar-refractivity contribution in [3.8, 4) is 5.95 Å². The smallest absolute Gasteiger partial charge is 0.284 e. The van der Waals surface area contributed by atoms with Gasteiger partial charge in [0.15, 0.2) is 0 Å². The molecule has 0 spiro atoms. The molecule has 0 fully saturated rings. The maximum atomic E-state index is 5.38. The Bertz CT molecular complexity index is 351. The molecule has 0 bridgehead atoms. The van der Waals surface area contributed by atoms with Crippen LogP contribution < -0.4 is 4.74 Å². The minimum atomic E-state index is 0.584. The lowest BCUT2D eigenvalue weighted by molar-refractivity contribution is 0.246. The SMILES string of the molecule is c1ccc(CCOc2ccco2)cc1. The molecule has 1 aromatic heterocycles. The number of rotatable bonds is 4. The van der Waals surface area contributed by atoms with Crippen molar-refractivity contribution in [3.63, 3.8) is 0 Å². The number of furan rings is 1. The molecule has 0 saturated carbocycles. The molecule has 0 aliphatic rings. The van der Waals surface area contributed by atoms with Gasteiger partial charge in [-0.3, -0.25) is 0 Å². The van der Waals surface area contributed by atoms with Crippen molar-refractivity contribution in [3.05, 3.63) is 54.3 Å². The van der Waals surface area contributed by atoms with Gasteiger partial charge in [0, 0.05) is 12.5 Å². The summed E-state index contributed by atoms with van der Waals surface area (Å²) in [6, 6.07) is 13.9. The summed E-state index contributed by atoms with van der Waals surface area (Å²) in [6.45, 7) is 0.650. The lowest BCUT2D eigenvalue weighted by Gasteiger charge is -2.02. The van der Waals surface area contributed by atoms with E-state index in [1.165, 1.54) is 5.56 Å². The fourth-order valence-corrected chi connectivity index (χ4v) is 1.26. The molecule has 72 valence electrons. The van der Waals surface area contributed by atoms with Crippen LogP contribution in [0.5, 0.6) is 5.95 Å². The first-order valence-electron chi connectivity index (χ1n) is 4.65. The molecule has 2 rings (SSSR count). The first-order chi connectivity index (χ1) is 6.95. The second kappa shape index (κ2) is 4.51. The minimum absolute atomic E-state index is 0.584. The Morgan fingerprint density at radius 3 is 2.57 bits per heavy atom. The molecular formula is C12H12O2. The third-order valence-corrected chi connectivity index (χ3v) is 1.97. The molecule has 0 unspecified atom stereocenters. The van der Waals surface area contributed by atoms with Gasteiger partial charge in [0.2, 0.25) is 0 Å². The molecule has 0 radical (unpaired) electrons.